The molecule has 1 amide bonds. The predicted molar refractivity (Wildman–Crippen MR) is 124 cm³/mol. The third kappa shape index (κ3) is 5.64. The monoisotopic (exact) mass is 440 g/mol. The molecule has 0 spiro atoms. The molecule has 0 aliphatic rings. The fourth-order valence-corrected chi connectivity index (χ4v) is 4.87. The lowest BCUT2D eigenvalue weighted by molar-refractivity contribution is -0.115. The standard InChI is InChI=1S/C23H24N2O3S2/c1-16-9-14-22(17(2)15-16)25-30(27,28)21-12-10-19(11-13-21)24-23(26)18(3)29-20-7-5-4-6-8-20/h4-15,18,25H,1-3H3,(H,24,26)/t18-/m0/s1. The highest BCUT2D eigenvalue weighted by Crippen LogP contribution is 2.25. The Bertz CT molecular complexity index is 1130. The van der Waals surface area contributed by atoms with Gasteiger partial charge in [-0.2, -0.15) is 0 Å². The number of rotatable bonds is 7. The predicted octanol–water partition coefficient (Wildman–Crippen LogP) is 5.22. The van der Waals surface area contributed by atoms with Crippen molar-refractivity contribution < 1.29 is 13.2 Å². The molecule has 5 nitrogen and oxygen atoms in total. The van der Waals surface area contributed by atoms with Crippen molar-refractivity contribution in [1.29, 1.82) is 0 Å². The highest BCUT2D eigenvalue weighted by molar-refractivity contribution is 8.00. The number of anilines is 2. The molecule has 0 unspecified atom stereocenters. The summed E-state index contributed by atoms with van der Waals surface area (Å²) in [6.45, 7) is 5.65. The number of aryl methyl sites for hydroxylation is 2. The molecule has 0 aliphatic heterocycles. The summed E-state index contributed by atoms with van der Waals surface area (Å²) in [6.07, 6.45) is 0. The highest BCUT2D eigenvalue weighted by atomic mass is 32.2. The lowest BCUT2D eigenvalue weighted by Gasteiger charge is -2.13. The molecule has 7 heteroatoms. The van der Waals surface area contributed by atoms with Crippen molar-refractivity contribution in [3.05, 3.63) is 83.9 Å². The molecule has 156 valence electrons. The molecule has 0 saturated heterocycles. The average molecular weight is 441 g/mol. The van der Waals surface area contributed by atoms with Crippen molar-refractivity contribution in [2.24, 2.45) is 0 Å². The summed E-state index contributed by atoms with van der Waals surface area (Å²) in [5.74, 6) is -0.145. The summed E-state index contributed by atoms with van der Waals surface area (Å²) in [7, 11) is -3.72. The van der Waals surface area contributed by atoms with Gasteiger partial charge in [-0.25, -0.2) is 8.42 Å². The maximum absolute atomic E-state index is 12.7. The van der Waals surface area contributed by atoms with Gasteiger partial charge < -0.3 is 5.32 Å². The maximum Gasteiger partial charge on any atom is 0.261 e. The quantitative estimate of drug-likeness (QED) is 0.494. The molecule has 1 atom stereocenters. The van der Waals surface area contributed by atoms with Gasteiger partial charge in [0, 0.05) is 10.6 Å². The molecule has 0 heterocycles. The van der Waals surface area contributed by atoms with Crippen LogP contribution in [0.3, 0.4) is 0 Å². The molecule has 0 aliphatic carbocycles. The molecule has 2 N–H and O–H groups in total. The van der Waals surface area contributed by atoms with Crippen LogP contribution in [0.5, 0.6) is 0 Å². The van der Waals surface area contributed by atoms with Gasteiger partial charge in [0.15, 0.2) is 0 Å². The minimum atomic E-state index is -3.72. The van der Waals surface area contributed by atoms with Gasteiger partial charge in [0.25, 0.3) is 10.0 Å². The first-order valence-electron chi connectivity index (χ1n) is 9.47. The zero-order chi connectivity index (χ0) is 21.7. The number of hydrogen-bond donors (Lipinski definition) is 2. The van der Waals surface area contributed by atoms with Crippen LogP contribution < -0.4 is 10.0 Å². The van der Waals surface area contributed by atoms with Crippen LogP contribution in [0, 0.1) is 13.8 Å². The number of hydrogen-bond acceptors (Lipinski definition) is 4. The van der Waals surface area contributed by atoms with E-state index in [1.165, 1.54) is 23.9 Å². The van der Waals surface area contributed by atoms with Crippen molar-refractivity contribution in [2.75, 3.05) is 10.0 Å². The first-order valence-corrected chi connectivity index (χ1v) is 11.8. The molecule has 30 heavy (non-hydrogen) atoms. The number of nitrogens with one attached hydrogen (secondary N) is 2. The molecule has 0 radical (unpaired) electrons. The molecule has 0 bridgehead atoms. The van der Waals surface area contributed by atoms with E-state index in [1.54, 1.807) is 18.2 Å². The van der Waals surface area contributed by atoms with Crippen molar-refractivity contribution in [3.63, 3.8) is 0 Å². The van der Waals surface area contributed by atoms with Crippen molar-refractivity contribution in [1.82, 2.24) is 0 Å². The van der Waals surface area contributed by atoms with Gasteiger partial charge >= 0.3 is 0 Å². The Morgan fingerprint density at radius 3 is 2.23 bits per heavy atom. The van der Waals surface area contributed by atoms with Crippen molar-refractivity contribution in [2.45, 2.75) is 35.8 Å². The van der Waals surface area contributed by atoms with Crippen LogP contribution in [0.25, 0.3) is 0 Å². The lowest BCUT2D eigenvalue weighted by atomic mass is 10.1. The van der Waals surface area contributed by atoms with Gasteiger partial charge in [0.2, 0.25) is 5.91 Å². The van der Waals surface area contributed by atoms with E-state index >= 15 is 0 Å². The molecule has 3 aromatic rings. The highest BCUT2D eigenvalue weighted by Gasteiger charge is 2.17. The molecule has 0 aromatic heterocycles. The van der Waals surface area contributed by atoms with Gasteiger partial charge in [-0.15, -0.1) is 11.8 Å². The van der Waals surface area contributed by atoms with Crippen molar-refractivity contribution >= 4 is 39.1 Å². The van der Waals surface area contributed by atoms with Crippen LogP contribution in [-0.2, 0) is 14.8 Å². The van der Waals surface area contributed by atoms with E-state index in [2.05, 4.69) is 10.0 Å². The Morgan fingerprint density at radius 1 is 0.933 bits per heavy atom. The zero-order valence-corrected chi connectivity index (χ0v) is 18.7. The Kier molecular flexibility index (Phi) is 6.84. The summed E-state index contributed by atoms with van der Waals surface area (Å²) in [6, 6.07) is 21.4. The van der Waals surface area contributed by atoms with Crippen LogP contribution >= 0.6 is 11.8 Å². The number of amides is 1. The van der Waals surface area contributed by atoms with E-state index in [9.17, 15) is 13.2 Å². The summed E-state index contributed by atoms with van der Waals surface area (Å²) in [5, 5.41) is 2.54. The third-order valence-corrected chi connectivity index (χ3v) is 6.98. The second kappa shape index (κ2) is 9.36. The largest absolute Gasteiger partial charge is 0.325 e. The number of sulfonamides is 1. The Labute approximate surface area is 182 Å². The molecule has 3 rings (SSSR count). The molecule has 3 aromatic carbocycles. The molecular weight excluding hydrogens is 416 g/mol. The van der Waals surface area contributed by atoms with Crippen LogP contribution in [0.4, 0.5) is 11.4 Å². The van der Waals surface area contributed by atoms with Crippen LogP contribution in [-0.4, -0.2) is 19.6 Å². The van der Waals surface area contributed by atoms with Crippen LogP contribution in [0.2, 0.25) is 0 Å². The first-order chi connectivity index (χ1) is 14.2. The van der Waals surface area contributed by atoms with Gasteiger partial charge in [0.05, 0.1) is 15.8 Å². The van der Waals surface area contributed by atoms with E-state index in [0.717, 1.165) is 16.0 Å². The third-order valence-electron chi connectivity index (χ3n) is 4.48. The van der Waals surface area contributed by atoms with E-state index in [0.29, 0.717) is 11.4 Å². The number of thioether (sulfide) groups is 1. The number of carbonyl (C=O) groups excluding carboxylic acids is 1. The fourth-order valence-electron chi connectivity index (χ4n) is 2.85. The van der Waals surface area contributed by atoms with Crippen LogP contribution in [0.1, 0.15) is 18.1 Å². The number of carbonyl (C=O) groups is 1. The maximum atomic E-state index is 12.7. The lowest BCUT2D eigenvalue weighted by Crippen LogP contribution is -2.22. The number of benzene rings is 3. The smallest absolute Gasteiger partial charge is 0.261 e. The van der Waals surface area contributed by atoms with E-state index in [1.807, 2.05) is 63.2 Å². The summed E-state index contributed by atoms with van der Waals surface area (Å²) >= 11 is 1.46. The minimum absolute atomic E-state index is 0.132. The normalized spacial score (nSPS) is 12.2. The van der Waals surface area contributed by atoms with Crippen LogP contribution in [0.15, 0.2) is 82.6 Å². The van der Waals surface area contributed by atoms with E-state index in [4.69, 9.17) is 0 Å². The SMILES string of the molecule is Cc1ccc(NS(=O)(=O)c2ccc(NC(=O)[C@H](C)Sc3ccccc3)cc2)c(C)c1. The van der Waals surface area contributed by atoms with Gasteiger partial charge in [0.1, 0.15) is 0 Å². The van der Waals surface area contributed by atoms with E-state index in [-0.39, 0.29) is 16.1 Å². The summed E-state index contributed by atoms with van der Waals surface area (Å²) in [4.78, 5) is 13.6. The topological polar surface area (TPSA) is 75.3 Å². The zero-order valence-electron chi connectivity index (χ0n) is 17.0. The average Bonchev–Trinajstić information content (AvgIpc) is 2.71. The second-order valence-electron chi connectivity index (χ2n) is 7.01. The summed E-state index contributed by atoms with van der Waals surface area (Å²) in [5.41, 5.74) is 3.01. The van der Waals surface area contributed by atoms with Crippen molar-refractivity contribution in [3.8, 4) is 0 Å². The first kappa shape index (κ1) is 21.9. The Morgan fingerprint density at radius 2 is 1.60 bits per heavy atom. The van der Waals surface area contributed by atoms with E-state index < -0.39 is 10.0 Å². The minimum Gasteiger partial charge on any atom is -0.325 e. The molecule has 0 saturated carbocycles. The Balaban J connectivity index is 1.65. The van der Waals surface area contributed by atoms with Gasteiger partial charge in [-0.3, -0.25) is 9.52 Å². The molecular formula is C23H24N2O3S2. The second-order valence-corrected chi connectivity index (χ2v) is 10.1. The van der Waals surface area contributed by atoms with Gasteiger partial charge in [-0.1, -0.05) is 35.9 Å². The summed E-state index contributed by atoms with van der Waals surface area (Å²) < 4.78 is 28.0. The van der Waals surface area contributed by atoms with Gasteiger partial charge in [-0.05, 0) is 68.8 Å². The fraction of sp³-hybridized carbons (Fsp3) is 0.174. The Hall–Kier alpha value is -2.77. The molecule has 0 fully saturated rings.